The Morgan fingerprint density at radius 2 is 1.69 bits per heavy atom. The summed E-state index contributed by atoms with van der Waals surface area (Å²) >= 11 is 0. The van der Waals surface area contributed by atoms with Crippen LogP contribution in [0.2, 0.25) is 0 Å². The van der Waals surface area contributed by atoms with E-state index in [1.165, 1.54) is 19.6 Å². The monoisotopic (exact) mass is 361 g/mol. The molecule has 142 valence electrons. The van der Waals surface area contributed by atoms with Crippen LogP contribution in [-0.4, -0.2) is 84.5 Å². The van der Waals surface area contributed by atoms with Crippen LogP contribution in [-0.2, 0) is 4.79 Å². The fourth-order valence-electron chi connectivity index (χ4n) is 3.53. The summed E-state index contributed by atoms with van der Waals surface area (Å²) in [6, 6.07) is 4.70. The molecule has 7 heteroatoms. The van der Waals surface area contributed by atoms with Crippen LogP contribution in [0, 0.1) is 0 Å². The first kappa shape index (κ1) is 18.5. The van der Waals surface area contributed by atoms with E-state index in [9.17, 15) is 14.7 Å². The molecule has 26 heavy (non-hydrogen) atoms. The molecule has 0 aromatic heterocycles. The molecule has 2 heterocycles. The number of amides is 2. The van der Waals surface area contributed by atoms with Crippen molar-refractivity contribution in [3.8, 4) is 11.5 Å². The van der Waals surface area contributed by atoms with Crippen LogP contribution in [0.3, 0.4) is 0 Å². The van der Waals surface area contributed by atoms with E-state index in [4.69, 9.17) is 4.74 Å². The average molecular weight is 361 g/mol. The lowest BCUT2D eigenvalue weighted by molar-refractivity contribution is -0.133. The number of likely N-dealkylation sites (tertiary alicyclic amines) is 1. The van der Waals surface area contributed by atoms with Crippen LogP contribution in [0.5, 0.6) is 11.5 Å². The van der Waals surface area contributed by atoms with Gasteiger partial charge in [-0.2, -0.15) is 0 Å². The zero-order valence-electron chi connectivity index (χ0n) is 15.3. The summed E-state index contributed by atoms with van der Waals surface area (Å²) < 4.78 is 5.05. The predicted molar refractivity (Wildman–Crippen MR) is 97.4 cm³/mol. The lowest BCUT2D eigenvalue weighted by Crippen LogP contribution is -2.52. The standard InChI is InChI=1S/C19H27N3O4/c1-26-15-5-6-16(17(23)13-15)19(25)22-11-9-20(10-12-22)14-18(24)21-7-3-2-4-8-21/h5-6,13,23H,2-4,7-12,14H2,1H3. The Morgan fingerprint density at radius 1 is 1.00 bits per heavy atom. The maximum Gasteiger partial charge on any atom is 0.257 e. The SMILES string of the molecule is COc1ccc(C(=O)N2CCN(CC(=O)N3CCCCC3)CC2)c(O)c1. The number of benzene rings is 1. The number of carbonyl (C=O) groups excluding carboxylic acids is 2. The first-order valence-electron chi connectivity index (χ1n) is 9.25. The summed E-state index contributed by atoms with van der Waals surface area (Å²) in [4.78, 5) is 30.8. The van der Waals surface area contributed by atoms with E-state index < -0.39 is 0 Å². The van der Waals surface area contributed by atoms with E-state index in [-0.39, 0.29) is 23.1 Å². The molecule has 0 saturated carbocycles. The fourth-order valence-corrected chi connectivity index (χ4v) is 3.53. The van der Waals surface area contributed by atoms with E-state index in [0.29, 0.717) is 38.5 Å². The van der Waals surface area contributed by atoms with Crippen molar-refractivity contribution in [2.24, 2.45) is 0 Å². The Kier molecular flexibility index (Phi) is 5.98. The Labute approximate surface area is 154 Å². The van der Waals surface area contributed by atoms with E-state index in [1.807, 2.05) is 4.90 Å². The number of phenolic OH excluding ortho intramolecular Hbond substituents is 1. The van der Waals surface area contributed by atoms with Crippen LogP contribution in [0.4, 0.5) is 0 Å². The maximum atomic E-state index is 12.6. The molecule has 0 atom stereocenters. The van der Waals surface area contributed by atoms with Crippen LogP contribution >= 0.6 is 0 Å². The molecular weight excluding hydrogens is 334 g/mol. The molecule has 0 unspecified atom stereocenters. The summed E-state index contributed by atoms with van der Waals surface area (Å²) in [5, 5.41) is 10.1. The smallest absolute Gasteiger partial charge is 0.257 e. The second-order valence-electron chi connectivity index (χ2n) is 6.89. The van der Waals surface area contributed by atoms with Gasteiger partial charge in [0.25, 0.3) is 5.91 Å². The highest BCUT2D eigenvalue weighted by Crippen LogP contribution is 2.25. The number of aromatic hydroxyl groups is 1. The number of hydrogen-bond acceptors (Lipinski definition) is 5. The third kappa shape index (κ3) is 4.27. The highest BCUT2D eigenvalue weighted by molar-refractivity contribution is 5.97. The highest BCUT2D eigenvalue weighted by atomic mass is 16.5. The lowest BCUT2D eigenvalue weighted by Gasteiger charge is -2.36. The fraction of sp³-hybridized carbons (Fsp3) is 0.579. The van der Waals surface area contributed by atoms with Gasteiger partial charge in [-0.25, -0.2) is 0 Å². The zero-order chi connectivity index (χ0) is 18.5. The second kappa shape index (κ2) is 8.40. The van der Waals surface area contributed by atoms with Gasteiger partial charge in [-0.15, -0.1) is 0 Å². The highest BCUT2D eigenvalue weighted by Gasteiger charge is 2.26. The van der Waals surface area contributed by atoms with Crippen molar-refractivity contribution >= 4 is 11.8 Å². The van der Waals surface area contributed by atoms with Crippen molar-refractivity contribution < 1.29 is 19.4 Å². The summed E-state index contributed by atoms with van der Waals surface area (Å²) in [6.07, 6.45) is 3.40. The minimum absolute atomic E-state index is 0.0722. The number of methoxy groups -OCH3 is 1. The van der Waals surface area contributed by atoms with Gasteiger partial charge in [0.2, 0.25) is 5.91 Å². The lowest BCUT2D eigenvalue weighted by atomic mass is 10.1. The van der Waals surface area contributed by atoms with Crippen molar-refractivity contribution in [2.75, 3.05) is 52.9 Å². The van der Waals surface area contributed by atoms with Gasteiger partial charge in [0.1, 0.15) is 11.5 Å². The third-order valence-electron chi connectivity index (χ3n) is 5.16. The van der Waals surface area contributed by atoms with Crippen molar-refractivity contribution in [1.29, 1.82) is 0 Å². The van der Waals surface area contributed by atoms with Crippen LogP contribution in [0.1, 0.15) is 29.6 Å². The van der Waals surface area contributed by atoms with Crippen molar-refractivity contribution in [3.05, 3.63) is 23.8 Å². The van der Waals surface area contributed by atoms with E-state index >= 15 is 0 Å². The molecule has 1 aromatic carbocycles. The molecule has 2 saturated heterocycles. The number of nitrogens with zero attached hydrogens (tertiary/aromatic N) is 3. The van der Waals surface area contributed by atoms with Crippen molar-refractivity contribution in [1.82, 2.24) is 14.7 Å². The number of piperazine rings is 1. The third-order valence-corrected chi connectivity index (χ3v) is 5.16. The van der Waals surface area contributed by atoms with Gasteiger partial charge in [0.15, 0.2) is 0 Å². The second-order valence-corrected chi connectivity index (χ2v) is 6.89. The summed E-state index contributed by atoms with van der Waals surface area (Å²) in [5.41, 5.74) is 0.281. The first-order chi connectivity index (χ1) is 12.6. The molecule has 1 aromatic rings. The normalized spacial score (nSPS) is 18.7. The molecule has 2 aliphatic rings. The number of ether oxygens (including phenoxy) is 1. The quantitative estimate of drug-likeness (QED) is 0.872. The van der Waals surface area contributed by atoms with Gasteiger partial charge >= 0.3 is 0 Å². The minimum atomic E-state index is -0.188. The summed E-state index contributed by atoms with van der Waals surface area (Å²) in [5.74, 6) is 0.446. The van der Waals surface area contributed by atoms with Crippen LogP contribution in [0.25, 0.3) is 0 Å². The van der Waals surface area contributed by atoms with E-state index in [1.54, 1.807) is 17.0 Å². The average Bonchev–Trinajstić information content (AvgIpc) is 2.68. The van der Waals surface area contributed by atoms with Gasteiger partial charge < -0.3 is 19.6 Å². The Bertz CT molecular complexity index is 650. The molecule has 0 spiro atoms. The Morgan fingerprint density at radius 3 is 2.31 bits per heavy atom. The van der Waals surface area contributed by atoms with E-state index in [2.05, 4.69) is 4.90 Å². The van der Waals surface area contributed by atoms with Crippen molar-refractivity contribution in [3.63, 3.8) is 0 Å². The molecule has 1 N–H and O–H groups in total. The maximum absolute atomic E-state index is 12.6. The van der Waals surface area contributed by atoms with Crippen molar-refractivity contribution in [2.45, 2.75) is 19.3 Å². The largest absolute Gasteiger partial charge is 0.507 e. The molecule has 2 fully saturated rings. The van der Waals surface area contributed by atoms with Gasteiger partial charge in [-0.3, -0.25) is 14.5 Å². The van der Waals surface area contributed by atoms with Gasteiger partial charge in [-0.1, -0.05) is 0 Å². The number of hydrogen-bond donors (Lipinski definition) is 1. The molecule has 0 aliphatic carbocycles. The Hall–Kier alpha value is -2.28. The molecule has 3 rings (SSSR count). The number of phenols is 1. The summed E-state index contributed by atoms with van der Waals surface area (Å²) in [6.45, 7) is 4.61. The number of rotatable bonds is 4. The zero-order valence-corrected chi connectivity index (χ0v) is 15.3. The number of carbonyl (C=O) groups is 2. The molecule has 7 nitrogen and oxygen atoms in total. The Balaban J connectivity index is 1.51. The van der Waals surface area contributed by atoms with E-state index in [0.717, 1.165) is 25.9 Å². The number of piperidine rings is 1. The first-order valence-corrected chi connectivity index (χ1v) is 9.25. The van der Waals surface area contributed by atoms with Crippen LogP contribution < -0.4 is 4.74 Å². The minimum Gasteiger partial charge on any atom is -0.507 e. The van der Waals surface area contributed by atoms with Gasteiger partial charge in [0, 0.05) is 45.3 Å². The van der Waals surface area contributed by atoms with Gasteiger partial charge in [0.05, 0.1) is 19.2 Å². The predicted octanol–water partition coefficient (Wildman–Crippen LogP) is 1.17. The molecule has 2 amide bonds. The summed E-state index contributed by atoms with van der Waals surface area (Å²) in [7, 11) is 1.51. The molecule has 0 radical (unpaired) electrons. The molecule has 2 aliphatic heterocycles. The molecular formula is C19H27N3O4. The molecule has 0 bridgehead atoms. The van der Waals surface area contributed by atoms with Gasteiger partial charge in [-0.05, 0) is 31.4 Å². The topological polar surface area (TPSA) is 73.3 Å². The van der Waals surface area contributed by atoms with Crippen LogP contribution in [0.15, 0.2) is 18.2 Å².